The number of aromatic nitrogens is 2. The van der Waals surface area contributed by atoms with Gasteiger partial charge in [-0.3, -0.25) is 14.3 Å². The van der Waals surface area contributed by atoms with E-state index in [0.29, 0.717) is 11.5 Å². The average molecular weight is 252 g/mol. The predicted octanol–water partition coefficient (Wildman–Crippen LogP) is -0.239. The molecule has 0 bridgehead atoms. The molecule has 2 aliphatic rings. The highest BCUT2D eigenvalue weighted by atomic mass is 16.5. The first-order chi connectivity index (χ1) is 8.61. The predicted molar refractivity (Wildman–Crippen MR) is 63.3 cm³/mol. The van der Waals surface area contributed by atoms with E-state index in [2.05, 4.69) is 4.98 Å². The summed E-state index contributed by atoms with van der Waals surface area (Å²) in [5.41, 5.74) is -0.320. The highest BCUT2D eigenvalue weighted by Crippen LogP contribution is 2.51. The number of rotatable bonds is 2. The largest absolute Gasteiger partial charge is 0.394 e. The molecule has 1 saturated heterocycles. The van der Waals surface area contributed by atoms with Gasteiger partial charge in [0.1, 0.15) is 6.23 Å². The maximum absolute atomic E-state index is 11.8. The lowest BCUT2D eigenvalue weighted by Crippen LogP contribution is -2.37. The SMILES string of the molecule is Cc1cn([C@@H]2O[C@H](CO)[C@H]3CC[C@H]32)c(=O)[nH]c1=O. The van der Waals surface area contributed by atoms with Crippen molar-refractivity contribution in [3.8, 4) is 0 Å². The molecule has 1 aromatic rings. The summed E-state index contributed by atoms with van der Waals surface area (Å²) in [6, 6.07) is 0. The third-order valence-electron chi connectivity index (χ3n) is 4.14. The highest BCUT2D eigenvalue weighted by molar-refractivity contribution is 5.04. The van der Waals surface area contributed by atoms with Gasteiger partial charge in [0.05, 0.1) is 12.7 Å². The van der Waals surface area contributed by atoms with Crippen LogP contribution >= 0.6 is 0 Å². The van der Waals surface area contributed by atoms with Crippen molar-refractivity contribution in [2.75, 3.05) is 6.61 Å². The van der Waals surface area contributed by atoms with Crippen molar-refractivity contribution in [2.24, 2.45) is 11.8 Å². The number of aryl methyl sites for hydroxylation is 1. The summed E-state index contributed by atoms with van der Waals surface area (Å²) >= 11 is 0. The van der Waals surface area contributed by atoms with Gasteiger partial charge < -0.3 is 9.84 Å². The zero-order valence-electron chi connectivity index (χ0n) is 10.1. The Hall–Kier alpha value is -1.40. The molecule has 4 atom stereocenters. The molecule has 1 aromatic heterocycles. The van der Waals surface area contributed by atoms with Crippen molar-refractivity contribution >= 4 is 0 Å². The molecule has 1 saturated carbocycles. The molecule has 0 radical (unpaired) electrons. The number of fused-ring (bicyclic) bond motifs is 1. The summed E-state index contributed by atoms with van der Waals surface area (Å²) in [6.07, 6.45) is 3.03. The Morgan fingerprint density at radius 3 is 2.72 bits per heavy atom. The maximum Gasteiger partial charge on any atom is 0.330 e. The lowest BCUT2D eigenvalue weighted by Gasteiger charge is -2.33. The third kappa shape index (κ3) is 1.56. The molecule has 2 N–H and O–H groups in total. The van der Waals surface area contributed by atoms with E-state index >= 15 is 0 Å². The fraction of sp³-hybridized carbons (Fsp3) is 0.667. The molecule has 3 rings (SSSR count). The van der Waals surface area contributed by atoms with Crippen molar-refractivity contribution in [2.45, 2.75) is 32.1 Å². The van der Waals surface area contributed by atoms with E-state index in [1.54, 1.807) is 13.1 Å². The third-order valence-corrected chi connectivity index (χ3v) is 4.14. The lowest BCUT2D eigenvalue weighted by molar-refractivity contribution is -0.0344. The number of aliphatic hydroxyl groups is 1. The van der Waals surface area contributed by atoms with Gasteiger partial charge in [-0.15, -0.1) is 0 Å². The molecule has 98 valence electrons. The monoisotopic (exact) mass is 252 g/mol. The summed E-state index contributed by atoms with van der Waals surface area (Å²) in [5, 5.41) is 9.25. The van der Waals surface area contributed by atoms with Crippen LogP contribution < -0.4 is 11.2 Å². The van der Waals surface area contributed by atoms with E-state index in [1.807, 2.05) is 0 Å². The minimum Gasteiger partial charge on any atom is -0.394 e. The van der Waals surface area contributed by atoms with E-state index in [-0.39, 0.29) is 30.4 Å². The molecule has 0 spiro atoms. The van der Waals surface area contributed by atoms with Crippen LogP contribution in [0.2, 0.25) is 0 Å². The Morgan fingerprint density at radius 2 is 2.17 bits per heavy atom. The Balaban J connectivity index is 1.99. The molecule has 2 fully saturated rings. The second-order valence-electron chi connectivity index (χ2n) is 5.13. The first-order valence-corrected chi connectivity index (χ1v) is 6.20. The smallest absolute Gasteiger partial charge is 0.330 e. The van der Waals surface area contributed by atoms with E-state index in [9.17, 15) is 14.7 Å². The number of nitrogens with one attached hydrogen (secondary N) is 1. The molecule has 0 unspecified atom stereocenters. The van der Waals surface area contributed by atoms with Crippen LogP contribution in [0.1, 0.15) is 24.6 Å². The van der Waals surface area contributed by atoms with E-state index in [4.69, 9.17) is 4.74 Å². The number of nitrogens with zero attached hydrogens (tertiary/aromatic N) is 1. The molecule has 2 heterocycles. The molecule has 1 aliphatic heterocycles. The summed E-state index contributed by atoms with van der Waals surface area (Å²) in [6.45, 7) is 1.64. The fourth-order valence-corrected chi connectivity index (χ4v) is 2.97. The zero-order chi connectivity index (χ0) is 12.9. The van der Waals surface area contributed by atoms with Gasteiger partial charge in [0.15, 0.2) is 0 Å². The quantitative estimate of drug-likeness (QED) is 0.761. The van der Waals surface area contributed by atoms with Crippen LogP contribution in [-0.4, -0.2) is 27.4 Å². The van der Waals surface area contributed by atoms with Crippen LogP contribution in [0.4, 0.5) is 0 Å². The maximum atomic E-state index is 11.8. The van der Waals surface area contributed by atoms with Gasteiger partial charge in [0, 0.05) is 17.7 Å². The van der Waals surface area contributed by atoms with Crippen LogP contribution in [0, 0.1) is 18.8 Å². The van der Waals surface area contributed by atoms with Gasteiger partial charge >= 0.3 is 5.69 Å². The van der Waals surface area contributed by atoms with Crippen molar-refractivity contribution in [3.05, 3.63) is 32.6 Å². The molecule has 6 nitrogen and oxygen atoms in total. The number of H-pyrrole nitrogens is 1. The fourth-order valence-electron chi connectivity index (χ4n) is 2.97. The van der Waals surface area contributed by atoms with Gasteiger partial charge in [-0.1, -0.05) is 0 Å². The molecule has 6 heteroatoms. The number of hydrogen-bond acceptors (Lipinski definition) is 4. The number of ether oxygens (including phenoxy) is 1. The molecule has 1 aliphatic carbocycles. The summed E-state index contributed by atoms with van der Waals surface area (Å²) in [7, 11) is 0. The minimum atomic E-state index is -0.445. The van der Waals surface area contributed by atoms with Gasteiger partial charge in [-0.25, -0.2) is 4.79 Å². The van der Waals surface area contributed by atoms with Crippen molar-refractivity contribution in [1.29, 1.82) is 0 Å². The summed E-state index contributed by atoms with van der Waals surface area (Å²) in [4.78, 5) is 25.4. The second-order valence-corrected chi connectivity index (χ2v) is 5.13. The molecule has 0 aromatic carbocycles. The average Bonchev–Trinajstić information content (AvgIpc) is 2.54. The van der Waals surface area contributed by atoms with Gasteiger partial charge in [-0.2, -0.15) is 0 Å². The van der Waals surface area contributed by atoms with Crippen LogP contribution in [0.15, 0.2) is 15.8 Å². The highest BCUT2D eigenvalue weighted by Gasteiger charge is 2.50. The van der Waals surface area contributed by atoms with E-state index < -0.39 is 5.69 Å². The van der Waals surface area contributed by atoms with Crippen LogP contribution in [-0.2, 0) is 4.74 Å². The summed E-state index contributed by atoms with van der Waals surface area (Å²) < 4.78 is 7.20. The van der Waals surface area contributed by atoms with Gasteiger partial charge in [0.25, 0.3) is 5.56 Å². The zero-order valence-corrected chi connectivity index (χ0v) is 10.1. The van der Waals surface area contributed by atoms with Crippen molar-refractivity contribution in [3.63, 3.8) is 0 Å². The Kier molecular flexibility index (Phi) is 2.64. The van der Waals surface area contributed by atoms with Gasteiger partial charge in [-0.05, 0) is 25.7 Å². The number of hydrogen-bond donors (Lipinski definition) is 2. The minimum absolute atomic E-state index is 0.0191. The number of aromatic amines is 1. The van der Waals surface area contributed by atoms with E-state index in [1.165, 1.54) is 4.57 Å². The number of aliphatic hydroxyl groups excluding tert-OH is 1. The Morgan fingerprint density at radius 1 is 1.44 bits per heavy atom. The van der Waals surface area contributed by atoms with Crippen molar-refractivity contribution < 1.29 is 9.84 Å². The van der Waals surface area contributed by atoms with Crippen molar-refractivity contribution in [1.82, 2.24) is 9.55 Å². The first kappa shape index (κ1) is 11.7. The van der Waals surface area contributed by atoms with Crippen LogP contribution in [0.25, 0.3) is 0 Å². The Bertz CT molecular complexity index is 574. The molecule has 0 amide bonds. The van der Waals surface area contributed by atoms with Gasteiger partial charge in [0.2, 0.25) is 0 Å². The normalized spacial score (nSPS) is 34.1. The standard InChI is InChI=1S/C12H16N2O4/c1-6-4-14(12(17)13-10(6)16)11-8-3-2-7(8)9(5-15)18-11/h4,7-9,11,15H,2-3,5H2,1H3,(H,13,16,17)/t7-,8+,9+,11+/m0/s1. The Labute approximate surface area is 103 Å². The van der Waals surface area contributed by atoms with E-state index in [0.717, 1.165) is 12.8 Å². The topological polar surface area (TPSA) is 84.3 Å². The van der Waals surface area contributed by atoms with Crippen LogP contribution in [0.5, 0.6) is 0 Å². The molecular weight excluding hydrogens is 236 g/mol. The molecular formula is C12H16N2O4. The summed E-state index contributed by atoms with van der Waals surface area (Å²) in [5.74, 6) is 0.601. The van der Waals surface area contributed by atoms with Crippen LogP contribution in [0.3, 0.4) is 0 Å². The first-order valence-electron chi connectivity index (χ1n) is 6.20. The lowest BCUT2D eigenvalue weighted by atomic mass is 9.72. The second kappa shape index (κ2) is 4.07. The molecule has 18 heavy (non-hydrogen) atoms.